The standard InChI is InChI=1S/C14H30N4O/c1-4-15-14(17-12-13(2)3)16-6-5-7-18-8-10-19-11-9-18/h13H,4-12H2,1-3H3,(H2,15,16,17). The van der Waals surface area contributed by atoms with Gasteiger partial charge in [-0.2, -0.15) is 0 Å². The summed E-state index contributed by atoms with van der Waals surface area (Å²) in [6.07, 6.45) is 1.14. The molecule has 0 atom stereocenters. The summed E-state index contributed by atoms with van der Waals surface area (Å²) >= 11 is 0. The number of ether oxygens (including phenoxy) is 1. The highest BCUT2D eigenvalue weighted by molar-refractivity contribution is 5.79. The van der Waals surface area contributed by atoms with Crippen molar-refractivity contribution in [3.63, 3.8) is 0 Å². The fraction of sp³-hybridized carbons (Fsp3) is 0.929. The fourth-order valence-corrected chi connectivity index (χ4v) is 1.95. The zero-order valence-corrected chi connectivity index (χ0v) is 12.7. The van der Waals surface area contributed by atoms with Crippen LogP contribution in [0.5, 0.6) is 0 Å². The molecule has 0 aromatic rings. The maximum Gasteiger partial charge on any atom is 0.191 e. The summed E-state index contributed by atoms with van der Waals surface area (Å²) in [5.41, 5.74) is 0. The van der Waals surface area contributed by atoms with Crippen LogP contribution < -0.4 is 10.6 Å². The molecule has 19 heavy (non-hydrogen) atoms. The van der Waals surface area contributed by atoms with Crippen molar-refractivity contribution >= 4 is 5.96 Å². The minimum Gasteiger partial charge on any atom is -0.379 e. The van der Waals surface area contributed by atoms with Crippen LogP contribution >= 0.6 is 0 Å². The lowest BCUT2D eigenvalue weighted by molar-refractivity contribution is 0.0376. The lowest BCUT2D eigenvalue weighted by atomic mass is 10.2. The van der Waals surface area contributed by atoms with Crippen LogP contribution in [0, 0.1) is 5.92 Å². The van der Waals surface area contributed by atoms with Gasteiger partial charge in [0.1, 0.15) is 0 Å². The maximum atomic E-state index is 5.34. The number of nitrogens with zero attached hydrogens (tertiary/aromatic N) is 2. The number of rotatable bonds is 7. The first-order valence-corrected chi connectivity index (χ1v) is 7.54. The Morgan fingerprint density at radius 2 is 2.00 bits per heavy atom. The molecular weight excluding hydrogens is 240 g/mol. The van der Waals surface area contributed by atoms with Crippen molar-refractivity contribution in [2.24, 2.45) is 10.9 Å². The van der Waals surface area contributed by atoms with Crippen molar-refractivity contribution in [1.29, 1.82) is 0 Å². The SMILES string of the molecule is CCNC(=NCC(C)C)NCCCN1CCOCC1. The van der Waals surface area contributed by atoms with E-state index in [4.69, 9.17) is 4.74 Å². The summed E-state index contributed by atoms with van der Waals surface area (Å²) in [7, 11) is 0. The highest BCUT2D eigenvalue weighted by Crippen LogP contribution is 1.97. The fourth-order valence-electron chi connectivity index (χ4n) is 1.95. The smallest absolute Gasteiger partial charge is 0.191 e. The number of aliphatic imine (C=N–C) groups is 1. The number of hydrogen-bond acceptors (Lipinski definition) is 3. The van der Waals surface area contributed by atoms with E-state index in [1.54, 1.807) is 0 Å². The largest absolute Gasteiger partial charge is 0.379 e. The first kappa shape index (κ1) is 16.2. The summed E-state index contributed by atoms with van der Waals surface area (Å²) in [6.45, 7) is 14.3. The summed E-state index contributed by atoms with van der Waals surface area (Å²) in [6, 6.07) is 0. The molecule has 1 fully saturated rings. The van der Waals surface area contributed by atoms with Gasteiger partial charge < -0.3 is 15.4 Å². The van der Waals surface area contributed by atoms with Crippen molar-refractivity contribution in [2.75, 3.05) is 52.5 Å². The highest BCUT2D eigenvalue weighted by Gasteiger charge is 2.09. The molecule has 0 aliphatic carbocycles. The molecule has 1 aliphatic rings. The van der Waals surface area contributed by atoms with Crippen molar-refractivity contribution in [3.8, 4) is 0 Å². The Morgan fingerprint density at radius 3 is 2.63 bits per heavy atom. The molecule has 0 aromatic heterocycles. The number of morpholine rings is 1. The van der Waals surface area contributed by atoms with E-state index in [0.717, 1.165) is 64.9 Å². The van der Waals surface area contributed by atoms with E-state index in [2.05, 4.69) is 41.3 Å². The molecule has 0 aromatic carbocycles. The van der Waals surface area contributed by atoms with Gasteiger partial charge in [0.05, 0.1) is 13.2 Å². The van der Waals surface area contributed by atoms with Gasteiger partial charge in [-0.1, -0.05) is 13.8 Å². The molecule has 0 bridgehead atoms. The Balaban J connectivity index is 2.14. The molecule has 0 amide bonds. The molecule has 0 spiro atoms. The van der Waals surface area contributed by atoms with E-state index in [0.29, 0.717) is 5.92 Å². The molecule has 5 nitrogen and oxygen atoms in total. The molecular formula is C14H30N4O. The second kappa shape index (κ2) is 10.0. The van der Waals surface area contributed by atoms with Gasteiger partial charge in [-0.15, -0.1) is 0 Å². The normalized spacial score (nSPS) is 17.8. The van der Waals surface area contributed by atoms with Crippen LogP contribution in [0.4, 0.5) is 0 Å². The Morgan fingerprint density at radius 1 is 1.26 bits per heavy atom. The van der Waals surface area contributed by atoms with Crippen LogP contribution in [0.15, 0.2) is 4.99 Å². The quantitative estimate of drug-likeness (QED) is 0.410. The Kier molecular flexibility index (Phi) is 8.58. The van der Waals surface area contributed by atoms with E-state index in [1.807, 2.05) is 0 Å². The van der Waals surface area contributed by atoms with E-state index < -0.39 is 0 Å². The topological polar surface area (TPSA) is 48.9 Å². The maximum absolute atomic E-state index is 5.34. The van der Waals surface area contributed by atoms with Crippen molar-refractivity contribution in [2.45, 2.75) is 27.2 Å². The van der Waals surface area contributed by atoms with Gasteiger partial charge in [-0.05, 0) is 25.8 Å². The van der Waals surface area contributed by atoms with Crippen LogP contribution in [0.2, 0.25) is 0 Å². The average Bonchev–Trinajstić information content (AvgIpc) is 2.41. The van der Waals surface area contributed by atoms with Gasteiger partial charge in [-0.25, -0.2) is 0 Å². The van der Waals surface area contributed by atoms with Crippen molar-refractivity contribution in [1.82, 2.24) is 15.5 Å². The van der Waals surface area contributed by atoms with Crippen LogP contribution in [-0.2, 0) is 4.74 Å². The number of nitrogens with one attached hydrogen (secondary N) is 2. The third-order valence-corrected chi connectivity index (χ3v) is 3.01. The van der Waals surface area contributed by atoms with Gasteiger partial charge in [0.25, 0.3) is 0 Å². The van der Waals surface area contributed by atoms with Crippen LogP contribution in [0.1, 0.15) is 27.2 Å². The van der Waals surface area contributed by atoms with Crippen molar-refractivity contribution in [3.05, 3.63) is 0 Å². The predicted molar refractivity (Wildman–Crippen MR) is 80.7 cm³/mol. The van der Waals surface area contributed by atoms with Crippen LogP contribution in [0.3, 0.4) is 0 Å². The van der Waals surface area contributed by atoms with Crippen LogP contribution in [0.25, 0.3) is 0 Å². The second-order valence-corrected chi connectivity index (χ2v) is 5.35. The first-order valence-electron chi connectivity index (χ1n) is 7.54. The second-order valence-electron chi connectivity index (χ2n) is 5.35. The molecule has 0 radical (unpaired) electrons. The average molecular weight is 270 g/mol. The zero-order valence-electron chi connectivity index (χ0n) is 12.7. The first-order chi connectivity index (χ1) is 9.22. The Hall–Kier alpha value is -0.810. The van der Waals surface area contributed by atoms with E-state index in [-0.39, 0.29) is 0 Å². The van der Waals surface area contributed by atoms with Crippen molar-refractivity contribution < 1.29 is 4.74 Å². The molecule has 2 N–H and O–H groups in total. The number of guanidine groups is 1. The van der Waals surface area contributed by atoms with Gasteiger partial charge in [-0.3, -0.25) is 9.89 Å². The zero-order chi connectivity index (χ0) is 13.9. The summed E-state index contributed by atoms with van der Waals surface area (Å²) < 4.78 is 5.34. The molecule has 1 rings (SSSR count). The Bertz CT molecular complexity index is 250. The summed E-state index contributed by atoms with van der Waals surface area (Å²) in [4.78, 5) is 7.02. The van der Waals surface area contributed by atoms with E-state index in [1.165, 1.54) is 0 Å². The molecule has 1 aliphatic heterocycles. The van der Waals surface area contributed by atoms with Gasteiger partial charge >= 0.3 is 0 Å². The monoisotopic (exact) mass is 270 g/mol. The number of hydrogen-bond donors (Lipinski definition) is 2. The highest BCUT2D eigenvalue weighted by atomic mass is 16.5. The minimum atomic E-state index is 0.601. The predicted octanol–water partition coefficient (Wildman–Crippen LogP) is 0.920. The molecule has 0 unspecified atom stereocenters. The molecule has 0 saturated carbocycles. The van der Waals surface area contributed by atoms with Gasteiger partial charge in [0.15, 0.2) is 5.96 Å². The summed E-state index contributed by atoms with van der Waals surface area (Å²) in [5, 5.41) is 6.68. The van der Waals surface area contributed by atoms with E-state index in [9.17, 15) is 0 Å². The summed E-state index contributed by atoms with van der Waals surface area (Å²) in [5.74, 6) is 1.54. The Labute approximate surface area is 117 Å². The third kappa shape index (κ3) is 8.06. The van der Waals surface area contributed by atoms with Gasteiger partial charge in [0.2, 0.25) is 0 Å². The van der Waals surface area contributed by atoms with Gasteiger partial charge in [0, 0.05) is 32.7 Å². The molecule has 1 heterocycles. The molecule has 5 heteroatoms. The minimum absolute atomic E-state index is 0.601. The lowest BCUT2D eigenvalue weighted by Crippen LogP contribution is -2.40. The third-order valence-electron chi connectivity index (χ3n) is 3.01. The molecule has 1 saturated heterocycles. The molecule has 112 valence electrons. The lowest BCUT2D eigenvalue weighted by Gasteiger charge is -2.26. The van der Waals surface area contributed by atoms with Crippen LogP contribution in [-0.4, -0.2) is 63.3 Å². The van der Waals surface area contributed by atoms with E-state index >= 15 is 0 Å².